The zero-order valence-corrected chi connectivity index (χ0v) is 18.1. The molecule has 0 spiro atoms. The van der Waals surface area contributed by atoms with Crippen molar-refractivity contribution in [3.8, 4) is 0 Å². The van der Waals surface area contributed by atoms with Crippen molar-refractivity contribution in [2.45, 2.75) is 31.2 Å². The predicted octanol–water partition coefficient (Wildman–Crippen LogP) is 2.81. The molecular formula is C22H29N3O3S. The van der Waals surface area contributed by atoms with Gasteiger partial charge in [0.05, 0.1) is 10.9 Å². The number of amides is 1. The molecular weight excluding hydrogens is 386 g/mol. The second kappa shape index (κ2) is 9.07. The zero-order valence-electron chi connectivity index (χ0n) is 17.3. The first kappa shape index (κ1) is 21.5. The van der Waals surface area contributed by atoms with Crippen LogP contribution in [0.25, 0.3) is 0 Å². The fraction of sp³-hybridized carbons (Fsp3) is 0.409. The molecule has 0 radical (unpaired) electrons. The summed E-state index contributed by atoms with van der Waals surface area (Å²) < 4.78 is 27.8. The normalized spacial score (nSPS) is 17.1. The van der Waals surface area contributed by atoms with Crippen LogP contribution in [0.2, 0.25) is 0 Å². The fourth-order valence-corrected chi connectivity index (χ4v) is 5.21. The van der Waals surface area contributed by atoms with E-state index in [4.69, 9.17) is 0 Å². The van der Waals surface area contributed by atoms with Crippen LogP contribution in [0, 0.1) is 6.92 Å². The maximum Gasteiger partial charge on any atom is 0.251 e. The van der Waals surface area contributed by atoms with Gasteiger partial charge >= 0.3 is 0 Å². The third-order valence-corrected chi connectivity index (χ3v) is 7.49. The number of benzene rings is 2. The number of piperazine rings is 1. The van der Waals surface area contributed by atoms with Crippen molar-refractivity contribution in [3.63, 3.8) is 0 Å². The van der Waals surface area contributed by atoms with Crippen LogP contribution in [0.4, 0.5) is 0 Å². The second-order valence-corrected chi connectivity index (χ2v) is 9.44. The summed E-state index contributed by atoms with van der Waals surface area (Å²) in [6.07, 6.45) is 0.744. The molecule has 156 valence electrons. The lowest BCUT2D eigenvalue weighted by molar-refractivity contribution is 0.0935. The molecule has 1 N–H and O–H groups in total. The van der Waals surface area contributed by atoms with Crippen LogP contribution in [0.15, 0.2) is 53.4 Å². The van der Waals surface area contributed by atoms with Crippen molar-refractivity contribution < 1.29 is 13.2 Å². The average molecular weight is 416 g/mol. The zero-order chi connectivity index (χ0) is 21.0. The Labute approximate surface area is 173 Å². The van der Waals surface area contributed by atoms with Gasteiger partial charge in [0.2, 0.25) is 10.0 Å². The lowest BCUT2D eigenvalue weighted by Crippen LogP contribution is -2.47. The number of carbonyl (C=O) groups is 1. The molecule has 6 nitrogen and oxygen atoms in total. The molecule has 3 rings (SSSR count). The first-order chi connectivity index (χ1) is 13.8. The summed E-state index contributed by atoms with van der Waals surface area (Å²) in [5.41, 5.74) is 2.04. The lowest BCUT2D eigenvalue weighted by Gasteiger charge is -2.32. The molecule has 0 aromatic heterocycles. The number of likely N-dealkylation sites (N-methyl/N-ethyl adjacent to an activating group) is 1. The van der Waals surface area contributed by atoms with Crippen molar-refractivity contribution in [2.75, 3.05) is 33.2 Å². The Morgan fingerprint density at radius 1 is 1.07 bits per heavy atom. The Kier molecular flexibility index (Phi) is 6.72. The lowest BCUT2D eigenvalue weighted by atomic mass is 10.0. The van der Waals surface area contributed by atoms with E-state index in [1.165, 1.54) is 10.4 Å². The largest absolute Gasteiger partial charge is 0.345 e. The summed E-state index contributed by atoms with van der Waals surface area (Å²) in [7, 11) is -1.65. The minimum atomic E-state index is -3.63. The van der Waals surface area contributed by atoms with E-state index in [1.807, 2.05) is 44.3 Å². The molecule has 1 aliphatic heterocycles. The van der Waals surface area contributed by atoms with Gasteiger partial charge in [0, 0.05) is 31.7 Å². The summed E-state index contributed by atoms with van der Waals surface area (Å²) in [5, 5.41) is 3.03. The highest BCUT2D eigenvalue weighted by atomic mass is 32.2. The van der Waals surface area contributed by atoms with E-state index in [2.05, 4.69) is 10.2 Å². The molecule has 0 saturated carbocycles. The Hall–Kier alpha value is -2.22. The van der Waals surface area contributed by atoms with Gasteiger partial charge in [0.25, 0.3) is 5.91 Å². The molecule has 1 amide bonds. The van der Waals surface area contributed by atoms with Gasteiger partial charge in [-0.05, 0) is 43.7 Å². The summed E-state index contributed by atoms with van der Waals surface area (Å²) in [6.45, 7) is 6.10. The van der Waals surface area contributed by atoms with Gasteiger partial charge < -0.3 is 10.2 Å². The summed E-state index contributed by atoms with van der Waals surface area (Å²) >= 11 is 0. The summed E-state index contributed by atoms with van der Waals surface area (Å²) in [5.74, 6) is -0.268. The molecule has 2 aromatic rings. The van der Waals surface area contributed by atoms with Crippen LogP contribution >= 0.6 is 0 Å². The van der Waals surface area contributed by atoms with Gasteiger partial charge in [-0.3, -0.25) is 4.79 Å². The molecule has 0 aliphatic carbocycles. The van der Waals surface area contributed by atoms with E-state index in [0.29, 0.717) is 37.3 Å². The predicted molar refractivity (Wildman–Crippen MR) is 114 cm³/mol. The van der Waals surface area contributed by atoms with Gasteiger partial charge in [-0.25, -0.2) is 8.42 Å². The van der Waals surface area contributed by atoms with E-state index in [1.54, 1.807) is 19.1 Å². The maximum absolute atomic E-state index is 13.2. The number of aryl methyl sites for hydroxylation is 1. The van der Waals surface area contributed by atoms with Crippen molar-refractivity contribution in [2.24, 2.45) is 0 Å². The van der Waals surface area contributed by atoms with E-state index in [-0.39, 0.29) is 16.8 Å². The molecule has 1 fully saturated rings. The van der Waals surface area contributed by atoms with Gasteiger partial charge in [-0.1, -0.05) is 43.3 Å². The van der Waals surface area contributed by atoms with Crippen LogP contribution in [0.3, 0.4) is 0 Å². The minimum absolute atomic E-state index is 0.123. The monoisotopic (exact) mass is 415 g/mol. The van der Waals surface area contributed by atoms with Crippen molar-refractivity contribution in [3.05, 3.63) is 65.2 Å². The standard InChI is InChI=1S/C22H29N3O3S/c1-4-20(18-8-6-5-7-9-18)23-22(26)19-11-10-17(2)21(16-19)29(27,28)25-14-12-24(3)13-15-25/h5-11,16,20H,4,12-15H2,1-3H3,(H,23,26). The number of hydrogen-bond donors (Lipinski definition) is 1. The topological polar surface area (TPSA) is 69.7 Å². The SMILES string of the molecule is CCC(NC(=O)c1ccc(C)c(S(=O)(=O)N2CCN(C)CC2)c1)c1ccccc1. The van der Waals surface area contributed by atoms with Crippen LogP contribution < -0.4 is 5.32 Å². The average Bonchev–Trinajstić information content (AvgIpc) is 2.73. The first-order valence-electron chi connectivity index (χ1n) is 9.98. The molecule has 2 aromatic carbocycles. The summed E-state index contributed by atoms with van der Waals surface area (Å²) in [4.78, 5) is 15.2. The van der Waals surface area contributed by atoms with Gasteiger partial charge in [0.1, 0.15) is 0 Å². The highest BCUT2D eigenvalue weighted by Gasteiger charge is 2.29. The Morgan fingerprint density at radius 2 is 1.72 bits per heavy atom. The maximum atomic E-state index is 13.2. The number of nitrogens with zero attached hydrogens (tertiary/aromatic N) is 2. The number of nitrogens with one attached hydrogen (secondary N) is 1. The number of hydrogen-bond acceptors (Lipinski definition) is 4. The van der Waals surface area contributed by atoms with Gasteiger partial charge in [-0.15, -0.1) is 0 Å². The Bertz CT molecular complexity index is 953. The molecule has 1 saturated heterocycles. The third-order valence-electron chi connectivity index (χ3n) is 5.45. The van der Waals surface area contributed by atoms with E-state index in [0.717, 1.165) is 12.0 Å². The number of rotatable bonds is 6. The summed E-state index contributed by atoms with van der Waals surface area (Å²) in [6, 6.07) is 14.6. The van der Waals surface area contributed by atoms with Crippen LogP contribution in [0.1, 0.15) is 40.9 Å². The molecule has 1 atom stereocenters. The highest BCUT2D eigenvalue weighted by Crippen LogP contribution is 2.23. The van der Waals surface area contributed by atoms with E-state index in [9.17, 15) is 13.2 Å². The first-order valence-corrected chi connectivity index (χ1v) is 11.4. The van der Waals surface area contributed by atoms with E-state index < -0.39 is 10.0 Å². The molecule has 1 aliphatic rings. The minimum Gasteiger partial charge on any atom is -0.345 e. The van der Waals surface area contributed by atoms with Crippen LogP contribution in [-0.2, 0) is 10.0 Å². The molecule has 0 bridgehead atoms. The van der Waals surface area contributed by atoms with Crippen molar-refractivity contribution in [1.29, 1.82) is 0 Å². The quantitative estimate of drug-likeness (QED) is 0.788. The molecule has 29 heavy (non-hydrogen) atoms. The van der Waals surface area contributed by atoms with E-state index >= 15 is 0 Å². The second-order valence-electron chi connectivity index (χ2n) is 7.53. The highest BCUT2D eigenvalue weighted by molar-refractivity contribution is 7.89. The number of carbonyl (C=O) groups excluding carboxylic acids is 1. The molecule has 1 heterocycles. The molecule has 7 heteroatoms. The fourth-order valence-electron chi connectivity index (χ4n) is 3.53. The Morgan fingerprint density at radius 3 is 2.34 bits per heavy atom. The van der Waals surface area contributed by atoms with Crippen LogP contribution in [0.5, 0.6) is 0 Å². The van der Waals surface area contributed by atoms with Crippen molar-refractivity contribution in [1.82, 2.24) is 14.5 Å². The number of sulfonamides is 1. The third kappa shape index (κ3) is 4.86. The smallest absolute Gasteiger partial charge is 0.251 e. The van der Waals surface area contributed by atoms with Gasteiger partial charge in [-0.2, -0.15) is 4.31 Å². The van der Waals surface area contributed by atoms with Gasteiger partial charge in [0.15, 0.2) is 0 Å². The molecule has 1 unspecified atom stereocenters. The van der Waals surface area contributed by atoms with Crippen LogP contribution in [-0.4, -0.2) is 56.8 Å². The van der Waals surface area contributed by atoms with Crippen molar-refractivity contribution >= 4 is 15.9 Å². The Balaban J connectivity index is 1.83.